The monoisotopic (exact) mass is 276 g/mol. The van der Waals surface area contributed by atoms with Crippen LogP contribution in [0, 0.1) is 0 Å². The molecule has 0 aliphatic carbocycles. The van der Waals surface area contributed by atoms with Gasteiger partial charge in [-0.05, 0) is 17.7 Å². The zero-order chi connectivity index (χ0) is 14.5. The maximum absolute atomic E-state index is 10.4. The number of aliphatic hydroxyl groups is 1. The van der Waals surface area contributed by atoms with Gasteiger partial charge in [0.2, 0.25) is 0 Å². The lowest BCUT2D eigenvalue weighted by Gasteiger charge is -2.15. The number of aromatic nitrogens is 2. The molecule has 108 valence electrons. The molecule has 5 nitrogen and oxygen atoms in total. The Balaban J connectivity index is 2.19. The van der Waals surface area contributed by atoms with E-state index in [0.717, 1.165) is 17.8 Å². The molecule has 0 fully saturated rings. The van der Waals surface area contributed by atoms with E-state index in [1.165, 1.54) is 0 Å². The molecule has 20 heavy (non-hydrogen) atoms. The molecule has 0 aliphatic heterocycles. The summed E-state index contributed by atoms with van der Waals surface area (Å²) >= 11 is 0. The molecule has 0 aliphatic rings. The van der Waals surface area contributed by atoms with Crippen molar-refractivity contribution in [1.29, 1.82) is 0 Å². The fourth-order valence-corrected chi connectivity index (χ4v) is 2.17. The molecular formula is C15H20N2O3. The second kappa shape index (κ2) is 6.43. The van der Waals surface area contributed by atoms with E-state index in [1.807, 2.05) is 23.8 Å². The van der Waals surface area contributed by atoms with Crippen molar-refractivity contribution in [3.63, 3.8) is 0 Å². The fraction of sp³-hybridized carbons (Fsp3) is 0.400. The van der Waals surface area contributed by atoms with Gasteiger partial charge in [-0.1, -0.05) is 13.0 Å². The first kappa shape index (κ1) is 14.4. The van der Waals surface area contributed by atoms with Gasteiger partial charge >= 0.3 is 0 Å². The molecule has 0 radical (unpaired) electrons. The van der Waals surface area contributed by atoms with Crippen LogP contribution >= 0.6 is 0 Å². The lowest BCUT2D eigenvalue weighted by Crippen LogP contribution is -2.11. The second-order valence-electron chi connectivity index (χ2n) is 4.48. The normalized spacial score (nSPS) is 12.2. The van der Waals surface area contributed by atoms with Crippen LogP contribution in [0.1, 0.15) is 24.4 Å². The molecule has 0 saturated carbocycles. The van der Waals surface area contributed by atoms with Gasteiger partial charge in [0, 0.05) is 18.8 Å². The first-order valence-corrected chi connectivity index (χ1v) is 6.59. The van der Waals surface area contributed by atoms with Gasteiger partial charge in [-0.25, -0.2) is 4.98 Å². The van der Waals surface area contributed by atoms with Gasteiger partial charge < -0.3 is 19.1 Å². The van der Waals surface area contributed by atoms with Gasteiger partial charge in [0.1, 0.15) is 5.82 Å². The van der Waals surface area contributed by atoms with Crippen LogP contribution in [-0.4, -0.2) is 28.9 Å². The SMILES string of the molecule is CCc1nccn1CC(O)c1ccc(OC)c(OC)c1. The number of hydrogen-bond donors (Lipinski definition) is 1. The zero-order valence-corrected chi connectivity index (χ0v) is 12.0. The molecule has 2 aromatic rings. The molecule has 0 spiro atoms. The highest BCUT2D eigenvalue weighted by Crippen LogP contribution is 2.30. The molecule has 2 rings (SSSR count). The molecule has 1 aromatic heterocycles. The lowest BCUT2D eigenvalue weighted by atomic mass is 10.1. The summed E-state index contributed by atoms with van der Waals surface area (Å²) in [5, 5.41) is 10.4. The molecule has 1 heterocycles. The molecule has 0 saturated heterocycles. The minimum absolute atomic E-state index is 0.471. The van der Waals surface area contributed by atoms with E-state index in [-0.39, 0.29) is 0 Å². The topological polar surface area (TPSA) is 56.5 Å². The van der Waals surface area contributed by atoms with Crippen molar-refractivity contribution in [3.8, 4) is 11.5 Å². The van der Waals surface area contributed by atoms with Crippen LogP contribution in [0.3, 0.4) is 0 Å². The summed E-state index contributed by atoms with van der Waals surface area (Å²) < 4.78 is 12.4. The summed E-state index contributed by atoms with van der Waals surface area (Å²) in [7, 11) is 3.17. The van der Waals surface area contributed by atoms with E-state index in [9.17, 15) is 5.11 Å². The van der Waals surface area contributed by atoms with Gasteiger partial charge in [-0.2, -0.15) is 0 Å². The van der Waals surface area contributed by atoms with Crippen molar-refractivity contribution in [2.75, 3.05) is 14.2 Å². The summed E-state index contributed by atoms with van der Waals surface area (Å²) in [6.45, 7) is 2.51. The van der Waals surface area contributed by atoms with Crippen molar-refractivity contribution in [2.24, 2.45) is 0 Å². The number of methoxy groups -OCH3 is 2. The number of rotatable bonds is 6. The van der Waals surface area contributed by atoms with Crippen molar-refractivity contribution in [3.05, 3.63) is 42.0 Å². The summed E-state index contributed by atoms with van der Waals surface area (Å²) in [5.74, 6) is 2.23. The molecular weight excluding hydrogens is 256 g/mol. The second-order valence-corrected chi connectivity index (χ2v) is 4.48. The highest BCUT2D eigenvalue weighted by molar-refractivity contribution is 5.43. The highest BCUT2D eigenvalue weighted by atomic mass is 16.5. The number of aryl methyl sites for hydroxylation is 1. The average Bonchev–Trinajstić information content (AvgIpc) is 2.93. The Kier molecular flexibility index (Phi) is 4.63. The summed E-state index contributed by atoms with van der Waals surface area (Å²) in [5.41, 5.74) is 0.790. The molecule has 1 N–H and O–H groups in total. The lowest BCUT2D eigenvalue weighted by molar-refractivity contribution is 0.155. The Labute approximate surface area is 118 Å². The Hall–Kier alpha value is -2.01. The molecule has 5 heteroatoms. The minimum atomic E-state index is -0.616. The summed E-state index contributed by atoms with van der Waals surface area (Å²) in [6.07, 6.45) is 3.85. The third-order valence-corrected chi connectivity index (χ3v) is 3.28. The summed E-state index contributed by atoms with van der Waals surface area (Å²) in [6, 6.07) is 5.44. The molecule has 1 unspecified atom stereocenters. The van der Waals surface area contributed by atoms with Crippen LogP contribution in [-0.2, 0) is 13.0 Å². The Morgan fingerprint density at radius 2 is 2.00 bits per heavy atom. The highest BCUT2D eigenvalue weighted by Gasteiger charge is 2.13. The smallest absolute Gasteiger partial charge is 0.161 e. The van der Waals surface area contributed by atoms with Gasteiger partial charge in [0.15, 0.2) is 11.5 Å². The van der Waals surface area contributed by atoms with Crippen molar-refractivity contribution < 1.29 is 14.6 Å². The van der Waals surface area contributed by atoms with Crippen LogP contribution in [0.25, 0.3) is 0 Å². The predicted octanol–water partition coefficient (Wildman–Crippen LogP) is 2.20. The van der Waals surface area contributed by atoms with Gasteiger partial charge in [0.05, 0.1) is 26.9 Å². The number of benzene rings is 1. The third kappa shape index (κ3) is 2.93. The Morgan fingerprint density at radius 3 is 2.65 bits per heavy atom. The Bertz CT molecular complexity index is 566. The molecule has 1 aromatic carbocycles. The molecule has 1 atom stereocenters. The van der Waals surface area contributed by atoms with Gasteiger partial charge in [0.25, 0.3) is 0 Å². The van der Waals surface area contributed by atoms with Crippen molar-refractivity contribution in [1.82, 2.24) is 9.55 Å². The Morgan fingerprint density at radius 1 is 1.25 bits per heavy atom. The zero-order valence-electron chi connectivity index (χ0n) is 12.0. The first-order chi connectivity index (χ1) is 9.69. The minimum Gasteiger partial charge on any atom is -0.493 e. The van der Waals surface area contributed by atoms with Crippen molar-refractivity contribution in [2.45, 2.75) is 26.0 Å². The number of hydrogen-bond acceptors (Lipinski definition) is 4. The van der Waals surface area contributed by atoms with Gasteiger partial charge in [-0.15, -0.1) is 0 Å². The van der Waals surface area contributed by atoms with Crippen LogP contribution in [0.5, 0.6) is 11.5 Å². The van der Waals surface area contributed by atoms with Crippen LogP contribution in [0.2, 0.25) is 0 Å². The van der Waals surface area contributed by atoms with E-state index < -0.39 is 6.10 Å². The third-order valence-electron chi connectivity index (χ3n) is 3.28. The maximum atomic E-state index is 10.4. The summed E-state index contributed by atoms with van der Waals surface area (Å²) in [4.78, 5) is 4.25. The van der Waals surface area contributed by atoms with Crippen LogP contribution in [0.4, 0.5) is 0 Å². The first-order valence-electron chi connectivity index (χ1n) is 6.59. The van der Waals surface area contributed by atoms with Crippen LogP contribution < -0.4 is 9.47 Å². The maximum Gasteiger partial charge on any atom is 0.161 e. The molecule has 0 amide bonds. The van der Waals surface area contributed by atoms with E-state index in [0.29, 0.717) is 18.0 Å². The predicted molar refractivity (Wildman–Crippen MR) is 76.1 cm³/mol. The van der Waals surface area contributed by atoms with E-state index >= 15 is 0 Å². The van der Waals surface area contributed by atoms with E-state index in [1.54, 1.807) is 32.5 Å². The average molecular weight is 276 g/mol. The number of imidazole rings is 1. The fourth-order valence-electron chi connectivity index (χ4n) is 2.17. The quantitative estimate of drug-likeness (QED) is 0.878. The molecule has 0 bridgehead atoms. The largest absolute Gasteiger partial charge is 0.493 e. The number of aliphatic hydroxyl groups excluding tert-OH is 1. The number of ether oxygens (including phenoxy) is 2. The standard InChI is InChI=1S/C15H20N2O3/c1-4-15-16-7-8-17(15)10-12(18)11-5-6-13(19-2)14(9-11)20-3/h5-9,12,18H,4,10H2,1-3H3. The van der Waals surface area contributed by atoms with Crippen LogP contribution in [0.15, 0.2) is 30.6 Å². The number of nitrogens with zero attached hydrogens (tertiary/aromatic N) is 2. The van der Waals surface area contributed by atoms with E-state index in [2.05, 4.69) is 4.98 Å². The van der Waals surface area contributed by atoms with Crippen molar-refractivity contribution >= 4 is 0 Å². The van der Waals surface area contributed by atoms with E-state index in [4.69, 9.17) is 9.47 Å². The van der Waals surface area contributed by atoms with Gasteiger partial charge in [-0.3, -0.25) is 0 Å².